The zero-order chi connectivity index (χ0) is 23.2. The highest BCUT2D eigenvalue weighted by atomic mass is 16.5. The van der Waals surface area contributed by atoms with Crippen LogP contribution in [0, 0.1) is 5.92 Å². The number of fused-ring (bicyclic) bond motifs is 4. The second-order valence-electron chi connectivity index (χ2n) is 9.19. The molecule has 7 heteroatoms. The Balaban J connectivity index is 1.25. The SMILES string of the molecule is CC[C@@H](NC(=O)OCC1c2ccccc2-c2ccccc21)C(=O)N1CCCC2CC21C(=O)O. The maximum absolute atomic E-state index is 13.2. The van der Waals surface area contributed by atoms with E-state index in [0.717, 1.165) is 35.1 Å². The van der Waals surface area contributed by atoms with Crippen molar-refractivity contribution < 1.29 is 24.2 Å². The van der Waals surface area contributed by atoms with Crippen molar-refractivity contribution in [3.63, 3.8) is 0 Å². The lowest BCUT2D eigenvalue weighted by atomic mass is 9.98. The fraction of sp³-hybridized carbons (Fsp3) is 0.423. The third-order valence-electron chi connectivity index (χ3n) is 7.47. The number of benzene rings is 2. The Morgan fingerprint density at radius 2 is 1.76 bits per heavy atom. The zero-order valence-corrected chi connectivity index (χ0v) is 18.6. The number of ether oxygens (including phenoxy) is 1. The van der Waals surface area contributed by atoms with Gasteiger partial charge in [0.25, 0.3) is 0 Å². The summed E-state index contributed by atoms with van der Waals surface area (Å²) in [4.78, 5) is 39.2. The number of likely N-dealkylation sites (tertiary alicyclic amines) is 1. The maximum Gasteiger partial charge on any atom is 0.407 e. The van der Waals surface area contributed by atoms with Gasteiger partial charge in [0, 0.05) is 12.5 Å². The van der Waals surface area contributed by atoms with E-state index >= 15 is 0 Å². The molecule has 2 N–H and O–H groups in total. The van der Waals surface area contributed by atoms with Gasteiger partial charge in [-0.15, -0.1) is 0 Å². The first-order valence-electron chi connectivity index (χ1n) is 11.6. The van der Waals surface area contributed by atoms with Crippen LogP contribution >= 0.6 is 0 Å². The molecule has 0 aromatic heterocycles. The lowest BCUT2D eigenvalue weighted by Gasteiger charge is -2.36. The average molecular weight is 449 g/mol. The highest BCUT2D eigenvalue weighted by Gasteiger charge is 2.67. The first kappa shape index (κ1) is 21.5. The van der Waals surface area contributed by atoms with Gasteiger partial charge in [0.1, 0.15) is 18.2 Å². The van der Waals surface area contributed by atoms with Crippen LogP contribution in [0.2, 0.25) is 0 Å². The largest absolute Gasteiger partial charge is 0.479 e. The van der Waals surface area contributed by atoms with E-state index in [4.69, 9.17) is 4.74 Å². The quantitative estimate of drug-likeness (QED) is 0.701. The highest BCUT2D eigenvalue weighted by Crippen LogP contribution is 2.54. The van der Waals surface area contributed by atoms with Crippen LogP contribution in [-0.4, -0.2) is 52.7 Å². The first-order valence-corrected chi connectivity index (χ1v) is 11.6. The number of amides is 2. The molecule has 1 saturated heterocycles. The maximum atomic E-state index is 13.2. The minimum absolute atomic E-state index is 0.0136. The topological polar surface area (TPSA) is 95.9 Å². The lowest BCUT2D eigenvalue weighted by Crippen LogP contribution is -2.57. The van der Waals surface area contributed by atoms with Crippen LogP contribution in [-0.2, 0) is 14.3 Å². The molecule has 2 aromatic carbocycles. The number of hydrogen-bond acceptors (Lipinski definition) is 4. The van der Waals surface area contributed by atoms with Crippen LogP contribution in [0.4, 0.5) is 4.79 Å². The van der Waals surface area contributed by atoms with E-state index in [-0.39, 0.29) is 24.3 Å². The van der Waals surface area contributed by atoms with Crippen molar-refractivity contribution in [2.24, 2.45) is 5.92 Å². The normalized spacial score (nSPS) is 23.7. The van der Waals surface area contributed by atoms with Gasteiger partial charge in [-0.05, 0) is 53.9 Å². The van der Waals surface area contributed by atoms with E-state index in [1.165, 1.54) is 4.90 Å². The van der Waals surface area contributed by atoms with Crippen molar-refractivity contribution in [2.45, 2.75) is 50.1 Å². The highest BCUT2D eigenvalue weighted by molar-refractivity contribution is 5.94. The second kappa shape index (κ2) is 8.21. The fourth-order valence-electron chi connectivity index (χ4n) is 5.68. The van der Waals surface area contributed by atoms with E-state index in [9.17, 15) is 19.5 Å². The third-order valence-corrected chi connectivity index (χ3v) is 7.47. The summed E-state index contributed by atoms with van der Waals surface area (Å²) in [5.74, 6) is -1.34. The van der Waals surface area contributed by atoms with E-state index in [1.54, 1.807) is 6.92 Å². The number of carbonyl (C=O) groups is 3. The summed E-state index contributed by atoms with van der Waals surface area (Å²) in [5, 5.41) is 12.4. The molecule has 3 aliphatic rings. The average Bonchev–Trinajstić information content (AvgIpc) is 3.52. The van der Waals surface area contributed by atoms with Crippen molar-refractivity contribution in [2.75, 3.05) is 13.2 Å². The zero-order valence-electron chi connectivity index (χ0n) is 18.6. The Hall–Kier alpha value is -3.35. The van der Waals surface area contributed by atoms with Crippen LogP contribution in [0.25, 0.3) is 11.1 Å². The number of nitrogens with zero attached hydrogens (tertiary/aromatic N) is 1. The molecule has 7 nitrogen and oxygen atoms in total. The predicted octanol–water partition coefficient (Wildman–Crippen LogP) is 3.77. The molecule has 5 rings (SSSR count). The van der Waals surface area contributed by atoms with Crippen molar-refractivity contribution in [1.29, 1.82) is 0 Å². The van der Waals surface area contributed by atoms with Crippen LogP contribution < -0.4 is 5.32 Å². The minimum atomic E-state index is -1.09. The van der Waals surface area contributed by atoms with Crippen LogP contribution in [0.1, 0.15) is 49.7 Å². The number of nitrogens with one attached hydrogen (secondary N) is 1. The Kier molecular flexibility index (Phi) is 5.35. The predicted molar refractivity (Wildman–Crippen MR) is 122 cm³/mol. The van der Waals surface area contributed by atoms with Gasteiger partial charge in [-0.1, -0.05) is 55.5 Å². The molecular formula is C26H28N2O5. The first-order chi connectivity index (χ1) is 16.0. The third kappa shape index (κ3) is 3.46. The van der Waals surface area contributed by atoms with E-state index in [1.807, 2.05) is 36.4 Å². The molecule has 2 unspecified atom stereocenters. The van der Waals surface area contributed by atoms with Crippen molar-refractivity contribution in [3.05, 3.63) is 59.7 Å². The van der Waals surface area contributed by atoms with Gasteiger partial charge in [0.2, 0.25) is 5.91 Å². The summed E-state index contributed by atoms with van der Waals surface area (Å²) >= 11 is 0. The molecule has 2 aromatic rings. The van der Waals surface area contributed by atoms with Gasteiger partial charge in [0.05, 0.1) is 0 Å². The molecule has 2 aliphatic carbocycles. The van der Waals surface area contributed by atoms with Gasteiger partial charge >= 0.3 is 12.1 Å². The summed E-state index contributed by atoms with van der Waals surface area (Å²) in [7, 11) is 0. The number of carboxylic acids is 1. The van der Waals surface area contributed by atoms with Gasteiger partial charge in [-0.3, -0.25) is 4.79 Å². The van der Waals surface area contributed by atoms with E-state index < -0.39 is 23.6 Å². The summed E-state index contributed by atoms with van der Waals surface area (Å²) < 4.78 is 5.58. The molecule has 1 saturated carbocycles. The molecule has 0 bridgehead atoms. The molecule has 2 fully saturated rings. The van der Waals surface area contributed by atoms with Crippen molar-refractivity contribution >= 4 is 18.0 Å². The van der Waals surface area contributed by atoms with Crippen molar-refractivity contribution in [1.82, 2.24) is 10.2 Å². The van der Waals surface area contributed by atoms with E-state index in [2.05, 4.69) is 17.4 Å². The standard InChI is InChI=1S/C26H28N2O5/c1-2-22(23(29)28-13-7-8-16-14-26(16,28)24(30)31)27-25(32)33-15-21-19-11-5-3-9-17(19)18-10-4-6-12-20(18)21/h3-6,9-12,16,21-22H,2,7-8,13-15H2,1H3,(H,27,32)(H,30,31)/t16?,22-,26?/m1/s1. The Morgan fingerprint density at radius 1 is 1.12 bits per heavy atom. The number of aliphatic carboxylic acids is 1. The molecule has 0 radical (unpaired) electrons. The summed E-state index contributed by atoms with van der Waals surface area (Å²) in [6, 6.07) is 15.4. The monoisotopic (exact) mass is 448 g/mol. The molecular weight excluding hydrogens is 420 g/mol. The smallest absolute Gasteiger partial charge is 0.407 e. The number of hydrogen-bond donors (Lipinski definition) is 2. The van der Waals surface area contributed by atoms with Crippen LogP contribution in [0.3, 0.4) is 0 Å². The molecule has 172 valence electrons. The molecule has 2 amide bonds. The number of carbonyl (C=O) groups excluding carboxylic acids is 2. The fourth-order valence-corrected chi connectivity index (χ4v) is 5.68. The number of alkyl carbamates (subject to hydrolysis) is 1. The number of piperidine rings is 1. The Labute approximate surface area is 192 Å². The molecule has 33 heavy (non-hydrogen) atoms. The minimum Gasteiger partial charge on any atom is -0.479 e. The number of carboxylic acid groups (broad SMARTS) is 1. The van der Waals surface area contributed by atoms with Gasteiger partial charge in [-0.25, -0.2) is 9.59 Å². The lowest BCUT2D eigenvalue weighted by molar-refractivity contribution is -0.155. The summed E-state index contributed by atoms with van der Waals surface area (Å²) in [6.45, 7) is 2.37. The Bertz CT molecular complexity index is 1070. The van der Waals surface area contributed by atoms with Gasteiger partial charge in [0.15, 0.2) is 0 Å². The van der Waals surface area contributed by atoms with Crippen molar-refractivity contribution in [3.8, 4) is 11.1 Å². The Morgan fingerprint density at radius 3 is 2.36 bits per heavy atom. The molecule has 0 spiro atoms. The van der Waals surface area contributed by atoms with Gasteiger partial charge in [-0.2, -0.15) is 0 Å². The molecule has 1 heterocycles. The van der Waals surface area contributed by atoms with Gasteiger partial charge < -0.3 is 20.1 Å². The molecule has 3 atom stereocenters. The second-order valence-corrected chi connectivity index (χ2v) is 9.19. The molecule has 1 aliphatic heterocycles. The summed E-state index contributed by atoms with van der Waals surface area (Å²) in [6.07, 6.45) is 1.81. The van der Waals surface area contributed by atoms with Crippen LogP contribution in [0.15, 0.2) is 48.5 Å². The van der Waals surface area contributed by atoms with Crippen LogP contribution in [0.5, 0.6) is 0 Å². The van der Waals surface area contributed by atoms with E-state index in [0.29, 0.717) is 19.4 Å². The summed E-state index contributed by atoms with van der Waals surface area (Å²) in [5.41, 5.74) is 3.43. The number of rotatable bonds is 6.